The lowest BCUT2D eigenvalue weighted by Crippen LogP contribution is -2.28. The van der Waals surface area contributed by atoms with E-state index in [-0.39, 0.29) is 42.3 Å². The SMILES string of the molecule is CC(C)Oc1ccc(-c2noc(C3CCC(=O)C3)n2)cc1Cl.CC(C)Oc1ccc(-c2noc(C3CCC(NCCC(=O)O)C3)n2)cc1Cl. The third-order valence-corrected chi connectivity index (χ3v) is 8.73. The average Bonchev–Trinajstić information content (AvgIpc) is 3.86. The molecule has 3 unspecified atom stereocenters. The van der Waals surface area contributed by atoms with Crippen molar-refractivity contribution in [2.24, 2.45) is 0 Å². The Labute approximate surface area is 294 Å². The van der Waals surface area contributed by atoms with Crippen LogP contribution in [-0.4, -0.2) is 61.9 Å². The van der Waals surface area contributed by atoms with Gasteiger partial charge in [0.25, 0.3) is 0 Å². The molecule has 6 rings (SSSR count). The Bertz CT molecular complexity index is 1740. The first-order valence-electron chi connectivity index (χ1n) is 16.5. The van der Waals surface area contributed by atoms with Gasteiger partial charge in [-0.1, -0.05) is 33.5 Å². The number of hydrogen-bond acceptors (Lipinski definition) is 11. The smallest absolute Gasteiger partial charge is 0.304 e. The number of aromatic nitrogens is 4. The fourth-order valence-corrected chi connectivity index (χ4v) is 6.26. The number of rotatable bonds is 12. The fourth-order valence-electron chi connectivity index (χ4n) is 5.81. The molecule has 0 amide bonds. The number of ketones is 1. The summed E-state index contributed by atoms with van der Waals surface area (Å²) in [5.74, 6) is 3.09. The van der Waals surface area contributed by atoms with Gasteiger partial charge in [-0.25, -0.2) is 0 Å². The molecular weight excluding hydrogens is 673 g/mol. The van der Waals surface area contributed by atoms with Crippen molar-refractivity contribution in [2.45, 2.75) is 103 Å². The molecule has 0 spiro atoms. The second-order valence-corrected chi connectivity index (χ2v) is 13.6. The zero-order chi connectivity index (χ0) is 35.1. The van der Waals surface area contributed by atoms with Crippen molar-refractivity contribution < 1.29 is 33.2 Å². The van der Waals surface area contributed by atoms with Crippen LogP contribution in [-0.2, 0) is 9.59 Å². The number of benzene rings is 2. The van der Waals surface area contributed by atoms with Crippen LogP contribution in [0, 0.1) is 0 Å². The summed E-state index contributed by atoms with van der Waals surface area (Å²) in [4.78, 5) is 30.9. The van der Waals surface area contributed by atoms with E-state index in [9.17, 15) is 9.59 Å². The predicted molar refractivity (Wildman–Crippen MR) is 183 cm³/mol. The maximum absolute atomic E-state index is 11.4. The van der Waals surface area contributed by atoms with Crippen molar-refractivity contribution in [3.05, 3.63) is 58.2 Å². The van der Waals surface area contributed by atoms with Crippen LogP contribution in [0.25, 0.3) is 22.8 Å². The fraction of sp³-hybridized carbons (Fsp3) is 0.486. The van der Waals surface area contributed by atoms with E-state index in [0.29, 0.717) is 64.4 Å². The van der Waals surface area contributed by atoms with Crippen LogP contribution in [0.15, 0.2) is 45.4 Å². The van der Waals surface area contributed by atoms with Gasteiger partial charge in [0, 0.05) is 48.4 Å². The molecule has 2 fully saturated rings. The van der Waals surface area contributed by atoms with Crippen molar-refractivity contribution >= 4 is 35.0 Å². The highest BCUT2D eigenvalue weighted by atomic mass is 35.5. The summed E-state index contributed by atoms with van der Waals surface area (Å²) in [7, 11) is 0. The van der Waals surface area contributed by atoms with Crippen LogP contribution in [0.2, 0.25) is 10.0 Å². The van der Waals surface area contributed by atoms with Crippen molar-refractivity contribution in [1.29, 1.82) is 0 Å². The molecule has 2 aliphatic rings. The molecule has 0 bridgehead atoms. The molecule has 4 aromatic rings. The van der Waals surface area contributed by atoms with E-state index in [1.165, 1.54) is 0 Å². The second-order valence-electron chi connectivity index (χ2n) is 12.8. The quantitative estimate of drug-likeness (QED) is 0.146. The lowest BCUT2D eigenvalue weighted by molar-refractivity contribution is -0.136. The lowest BCUT2D eigenvalue weighted by atomic mass is 10.1. The number of halogens is 2. The number of Topliss-reactive ketones (excluding diaryl/α,β-unsaturated/α-hetero) is 1. The third-order valence-electron chi connectivity index (χ3n) is 8.14. The van der Waals surface area contributed by atoms with Crippen molar-refractivity contribution in [2.75, 3.05) is 6.54 Å². The monoisotopic (exact) mass is 713 g/mol. The molecule has 262 valence electrons. The molecule has 12 nitrogen and oxygen atoms in total. The lowest BCUT2D eigenvalue weighted by Gasteiger charge is -2.11. The summed E-state index contributed by atoms with van der Waals surface area (Å²) in [5.41, 5.74) is 1.54. The Kier molecular flexibility index (Phi) is 12.3. The van der Waals surface area contributed by atoms with E-state index >= 15 is 0 Å². The Morgan fingerprint density at radius 1 is 0.878 bits per heavy atom. The normalized spacial score (nSPS) is 18.9. The Morgan fingerprint density at radius 2 is 1.43 bits per heavy atom. The minimum Gasteiger partial charge on any atom is -0.489 e. The highest BCUT2D eigenvalue weighted by molar-refractivity contribution is 6.32. The molecule has 0 radical (unpaired) electrons. The molecule has 2 aromatic heterocycles. The van der Waals surface area contributed by atoms with E-state index in [1.54, 1.807) is 18.2 Å². The number of carboxylic acids is 1. The first kappa shape index (κ1) is 36.3. The van der Waals surface area contributed by atoms with E-state index < -0.39 is 5.97 Å². The molecule has 2 N–H and O–H groups in total. The topological polar surface area (TPSA) is 163 Å². The molecule has 49 heavy (non-hydrogen) atoms. The van der Waals surface area contributed by atoms with Gasteiger partial charge in [0.15, 0.2) is 0 Å². The maximum Gasteiger partial charge on any atom is 0.304 e. The standard InChI is InChI=1S/C19H24ClN3O4.C16H17ClN2O3/c1-11(2)26-16-6-4-12(10-15(16)20)18-22-19(27-23-18)13-3-5-14(9-13)21-8-7-17(24)25;1-9(2)21-14-6-4-10(8-13(14)17)15-18-16(22-19-15)11-3-5-12(20)7-11/h4,6,10-11,13-14,21H,3,5,7-9H2,1-2H3,(H,24,25);4,6,8-9,11H,3,5,7H2,1-2H3. The van der Waals surface area contributed by atoms with Crippen LogP contribution in [0.1, 0.15) is 96.3 Å². The van der Waals surface area contributed by atoms with Crippen molar-refractivity contribution in [3.8, 4) is 34.3 Å². The van der Waals surface area contributed by atoms with Crippen molar-refractivity contribution in [1.82, 2.24) is 25.6 Å². The van der Waals surface area contributed by atoms with Gasteiger partial charge in [-0.15, -0.1) is 0 Å². The minimum atomic E-state index is -0.790. The van der Waals surface area contributed by atoms with Gasteiger partial charge < -0.3 is 28.9 Å². The maximum atomic E-state index is 11.4. The Hall–Kier alpha value is -4.00. The van der Waals surface area contributed by atoms with Crippen LogP contribution >= 0.6 is 23.2 Å². The minimum absolute atomic E-state index is 0.0459. The largest absolute Gasteiger partial charge is 0.489 e. The zero-order valence-corrected chi connectivity index (χ0v) is 29.5. The van der Waals surface area contributed by atoms with Crippen LogP contribution in [0.4, 0.5) is 0 Å². The number of aliphatic carboxylic acids is 1. The Morgan fingerprint density at radius 3 is 1.90 bits per heavy atom. The number of carbonyl (C=O) groups is 2. The number of nitrogens with one attached hydrogen (secondary N) is 1. The molecule has 14 heteroatoms. The molecule has 0 saturated heterocycles. The number of nitrogens with zero attached hydrogens (tertiary/aromatic N) is 4. The van der Waals surface area contributed by atoms with E-state index in [4.69, 9.17) is 46.8 Å². The summed E-state index contributed by atoms with van der Waals surface area (Å²) in [6, 6.07) is 11.1. The summed E-state index contributed by atoms with van der Waals surface area (Å²) >= 11 is 12.5. The number of carbonyl (C=O) groups excluding carboxylic acids is 1. The summed E-state index contributed by atoms with van der Waals surface area (Å²) < 4.78 is 22.0. The average molecular weight is 715 g/mol. The highest BCUT2D eigenvalue weighted by Gasteiger charge is 2.30. The highest BCUT2D eigenvalue weighted by Crippen LogP contribution is 2.36. The van der Waals surface area contributed by atoms with Crippen LogP contribution in [0.3, 0.4) is 0 Å². The van der Waals surface area contributed by atoms with Crippen LogP contribution < -0.4 is 14.8 Å². The molecule has 2 saturated carbocycles. The Balaban J connectivity index is 0.000000195. The molecule has 2 aliphatic carbocycles. The van der Waals surface area contributed by atoms with Crippen molar-refractivity contribution in [3.63, 3.8) is 0 Å². The van der Waals surface area contributed by atoms with E-state index in [0.717, 1.165) is 36.8 Å². The van der Waals surface area contributed by atoms with Gasteiger partial charge >= 0.3 is 5.97 Å². The zero-order valence-electron chi connectivity index (χ0n) is 27.9. The van der Waals surface area contributed by atoms with Gasteiger partial charge in [0.1, 0.15) is 17.3 Å². The molecule has 3 atom stereocenters. The summed E-state index contributed by atoms with van der Waals surface area (Å²) in [6.07, 6.45) is 4.86. The second kappa shape index (κ2) is 16.6. The van der Waals surface area contributed by atoms with E-state index in [1.807, 2.05) is 45.9 Å². The van der Waals surface area contributed by atoms with E-state index in [2.05, 4.69) is 25.6 Å². The van der Waals surface area contributed by atoms with Gasteiger partial charge in [-0.3, -0.25) is 9.59 Å². The third kappa shape index (κ3) is 10.0. The summed E-state index contributed by atoms with van der Waals surface area (Å²) in [5, 5.41) is 21.1. The van der Waals surface area contributed by atoms with Gasteiger partial charge in [0.2, 0.25) is 23.4 Å². The molecule has 2 aromatic carbocycles. The van der Waals surface area contributed by atoms with Crippen LogP contribution in [0.5, 0.6) is 11.5 Å². The van der Waals surface area contributed by atoms with Gasteiger partial charge in [-0.05, 0) is 89.8 Å². The summed E-state index contributed by atoms with van der Waals surface area (Å²) in [6.45, 7) is 8.25. The first-order valence-corrected chi connectivity index (χ1v) is 17.3. The van der Waals surface area contributed by atoms with Gasteiger partial charge in [-0.2, -0.15) is 9.97 Å². The first-order chi connectivity index (χ1) is 23.4. The molecular formula is C35H41Cl2N5O7. The predicted octanol–water partition coefficient (Wildman–Crippen LogP) is 7.89. The number of carboxylic acid groups (broad SMARTS) is 1. The molecule has 2 heterocycles. The molecule has 0 aliphatic heterocycles. The van der Waals surface area contributed by atoms with Gasteiger partial charge in [0.05, 0.1) is 28.7 Å². The number of ether oxygens (including phenoxy) is 2. The number of hydrogen-bond donors (Lipinski definition) is 2.